The van der Waals surface area contributed by atoms with E-state index in [9.17, 15) is 12.9 Å². The zero-order valence-electron chi connectivity index (χ0n) is 7.93. The van der Waals surface area contributed by atoms with Crippen molar-refractivity contribution in [3.05, 3.63) is 18.2 Å². The number of anilines is 1. The number of hydrogen-bond acceptors (Lipinski definition) is 2. The van der Waals surface area contributed by atoms with Gasteiger partial charge in [0.2, 0.25) is 0 Å². The third kappa shape index (κ3) is 3.47. The minimum absolute atomic E-state index is 0. The van der Waals surface area contributed by atoms with E-state index in [1.165, 1.54) is 19.2 Å². The number of halogens is 3. The van der Waals surface area contributed by atoms with Gasteiger partial charge in [0.15, 0.2) is 0 Å². The Balaban J connectivity index is 0.00000169. The van der Waals surface area contributed by atoms with E-state index in [1.807, 2.05) is 0 Å². The van der Waals surface area contributed by atoms with Crippen molar-refractivity contribution in [1.82, 2.24) is 0 Å². The Morgan fingerprint density at radius 1 is 1.29 bits per heavy atom. The number of benzene rings is 1. The Bertz CT molecular complexity index is 318. The maximum atomic E-state index is 12.3. The monoisotopic (exact) mass is 229 g/mol. The summed E-state index contributed by atoms with van der Waals surface area (Å²) in [5, 5.41) is 0. The Hall–Kier alpha value is 0.311. The van der Waals surface area contributed by atoms with E-state index in [2.05, 4.69) is 4.74 Å². The summed E-state index contributed by atoms with van der Waals surface area (Å²) in [5.74, 6) is -0.193. The molecule has 1 aromatic carbocycles. The zero-order chi connectivity index (χ0) is 10.1. The molecule has 7 heteroatoms. The molecule has 0 aromatic heterocycles. The first kappa shape index (κ1) is 14.3. The maximum absolute atomic E-state index is 12.3. The van der Waals surface area contributed by atoms with Crippen LogP contribution < -0.4 is 67.3 Å². The van der Waals surface area contributed by atoms with Gasteiger partial charge in [0.25, 0.3) is 0 Å². The van der Waals surface area contributed by atoms with E-state index in [4.69, 9.17) is 5.73 Å². The van der Waals surface area contributed by atoms with Crippen molar-refractivity contribution in [1.29, 1.82) is 0 Å². The molecule has 0 aliphatic carbocycles. The third-order valence-corrected chi connectivity index (χ3v) is 1.61. The molecule has 0 heterocycles. The summed E-state index contributed by atoms with van der Waals surface area (Å²) >= 11 is 0. The molecule has 2 N–H and O–H groups in total. The molecule has 0 atom stereocenters. The molecule has 0 fully saturated rings. The van der Waals surface area contributed by atoms with Crippen molar-refractivity contribution in [2.45, 2.75) is 0 Å². The predicted octanol–water partition coefficient (Wildman–Crippen LogP) is -1.66. The van der Waals surface area contributed by atoms with Crippen LogP contribution in [-0.2, 0) is 0 Å². The van der Waals surface area contributed by atoms with Crippen LogP contribution in [0.3, 0.4) is 0 Å². The smallest absolute Gasteiger partial charge is 0.500 e. The zero-order valence-corrected chi connectivity index (χ0v) is 11.1. The van der Waals surface area contributed by atoms with Gasteiger partial charge in [-0.25, -0.2) is 0 Å². The van der Waals surface area contributed by atoms with Gasteiger partial charge < -0.3 is 23.4 Å². The molecule has 0 aliphatic rings. The second kappa shape index (κ2) is 5.41. The van der Waals surface area contributed by atoms with Gasteiger partial charge in [-0.1, -0.05) is 11.5 Å². The number of nitrogen functional groups attached to an aromatic ring is 1. The summed E-state index contributed by atoms with van der Waals surface area (Å²) in [7, 11) is 1.19. The summed E-state index contributed by atoms with van der Waals surface area (Å²) in [6, 6.07) is 3.45. The average Bonchev–Trinajstić information content (AvgIpc) is 2.03. The van der Waals surface area contributed by atoms with Crippen LogP contribution in [0.1, 0.15) is 0 Å². The number of hydrogen-bond donors (Lipinski definition) is 1. The van der Waals surface area contributed by atoms with Gasteiger partial charge >= 0.3 is 58.4 Å². The van der Waals surface area contributed by atoms with Crippen molar-refractivity contribution in [3.63, 3.8) is 0 Å². The number of ether oxygens (including phenoxy) is 1. The molecular weight excluding hydrogens is 221 g/mol. The van der Waals surface area contributed by atoms with Crippen molar-refractivity contribution in [2.24, 2.45) is 0 Å². The molecule has 0 spiro atoms. The van der Waals surface area contributed by atoms with E-state index in [-0.39, 0.29) is 62.8 Å². The van der Waals surface area contributed by atoms with E-state index in [0.29, 0.717) is 0 Å². The Kier molecular flexibility index (Phi) is 5.53. The molecule has 0 amide bonds. The SMILES string of the molecule is COc1ccc(N)cc1[B-](F)(F)F.[K+]. The first-order chi connectivity index (χ1) is 5.95. The van der Waals surface area contributed by atoms with Crippen molar-refractivity contribution >= 4 is 18.1 Å². The van der Waals surface area contributed by atoms with Crippen LogP contribution in [0.15, 0.2) is 18.2 Å². The van der Waals surface area contributed by atoms with Gasteiger partial charge in [-0.15, -0.1) is 0 Å². The first-order valence-corrected chi connectivity index (χ1v) is 3.58. The second-order valence-electron chi connectivity index (χ2n) is 2.58. The van der Waals surface area contributed by atoms with Crippen LogP contribution >= 0.6 is 0 Å². The second-order valence-corrected chi connectivity index (χ2v) is 2.58. The summed E-state index contributed by atoms with van der Waals surface area (Å²) in [4.78, 5) is 0. The molecule has 0 saturated carbocycles. The topological polar surface area (TPSA) is 35.2 Å². The normalized spacial score (nSPS) is 10.6. The molecule has 1 aromatic rings. The third-order valence-electron chi connectivity index (χ3n) is 1.61. The summed E-state index contributed by atoms with van der Waals surface area (Å²) in [6.07, 6.45) is 0. The van der Waals surface area contributed by atoms with E-state index in [0.717, 1.165) is 6.07 Å². The first-order valence-electron chi connectivity index (χ1n) is 3.58. The number of rotatable bonds is 2. The van der Waals surface area contributed by atoms with Crippen molar-refractivity contribution < 1.29 is 69.1 Å². The van der Waals surface area contributed by atoms with Crippen LogP contribution in [-0.4, -0.2) is 14.1 Å². The van der Waals surface area contributed by atoms with E-state index in [1.54, 1.807) is 0 Å². The van der Waals surface area contributed by atoms with Gasteiger partial charge in [-0.3, -0.25) is 0 Å². The Labute approximate surface area is 122 Å². The van der Waals surface area contributed by atoms with E-state index >= 15 is 0 Å². The quantitative estimate of drug-likeness (QED) is 0.486. The Morgan fingerprint density at radius 3 is 2.29 bits per heavy atom. The fourth-order valence-corrected chi connectivity index (χ4v) is 1.01. The molecule has 14 heavy (non-hydrogen) atoms. The van der Waals surface area contributed by atoms with Gasteiger partial charge in [0, 0.05) is 5.69 Å². The summed E-state index contributed by atoms with van der Waals surface area (Å²) < 4.78 is 41.6. The molecule has 2 nitrogen and oxygen atoms in total. The number of nitrogens with two attached hydrogens (primary N) is 1. The largest absolute Gasteiger partial charge is 1.00 e. The fourth-order valence-electron chi connectivity index (χ4n) is 1.01. The van der Waals surface area contributed by atoms with Gasteiger partial charge in [0.05, 0.1) is 12.9 Å². The van der Waals surface area contributed by atoms with Gasteiger partial charge in [-0.05, 0) is 12.1 Å². The molecular formula is C7H8BF3KNO. The molecule has 72 valence electrons. The molecule has 0 saturated heterocycles. The van der Waals surface area contributed by atoms with Gasteiger partial charge in [0.1, 0.15) is 0 Å². The average molecular weight is 229 g/mol. The molecule has 0 bridgehead atoms. The Morgan fingerprint density at radius 2 is 1.86 bits per heavy atom. The maximum Gasteiger partial charge on any atom is 1.00 e. The van der Waals surface area contributed by atoms with Crippen LogP contribution in [0.5, 0.6) is 5.75 Å². The van der Waals surface area contributed by atoms with Crippen molar-refractivity contribution in [2.75, 3.05) is 12.8 Å². The van der Waals surface area contributed by atoms with Crippen LogP contribution in [0.2, 0.25) is 0 Å². The van der Waals surface area contributed by atoms with E-state index < -0.39 is 12.4 Å². The standard InChI is InChI=1S/C7H8BF3NO.K/c1-13-7-3-2-5(12)4-6(7)8(9,10)11;/h2-4H,12H2,1H3;/q-1;+1. The molecule has 0 unspecified atom stereocenters. The van der Waals surface area contributed by atoms with Crippen LogP contribution in [0, 0.1) is 0 Å². The predicted molar refractivity (Wildman–Crippen MR) is 46.1 cm³/mol. The van der Waals surface area contributed by atoms with Crippen LogP contribution in [0.25, 0.3) is 0 Å². The fraction of sp³-hybridized carbons (Fsp3) is 0.143. The minimum Gasteiger partial charge on any atom is -0.500 e. The molecule has 0 radical (unpaired) electrons. The molecule has 0 aliphatic heterocycles. The van der Waals surface area contributed by atoms with Gasteiger partial charge in [-0.2, -0.15) is 0 Å². The van der Waals surface area contributed by atoms with Crippen LogP contribution in [0.4, 0.5) is 18.6 Å². The minimum atomic E-state index is -5.06. The summed E-state index contributed by atoms with van der Waals surface area (Å²) in [6.45, 7) is -5.06. The van der Waals surface area contributed by atoms with Crippen molar-refractivity contribution in [3.8, 4) is 5.75 Å². The summed E-state index contributed by atoms with van der Waals surface area (Å²) in [5.41, 5.74) is 4.52. The number of methoxy groups -OCH3 is 1. The molecule has 1 rings (SSSR count).